The van der Waals surface area contributed by atoms with E-state index in [1.165, 1.54) is 36.9 Å². The molecular weight excluding hydrogens is 252 g/mol. The summed E-state index contributed by atoms with van der Waals surface area (Å²) in [6.45, 7) is 4.49. The number of rotatable bonds is 7. The van der Waals surface area contributed by atoms with Gasteiger partial charge in [0.15, 0.2) is 0 Å². The molecule has 0 saturated heterocycles. The molecule has 1 atom stereocenters. The fourth-order valence-electron chi connectivity index (χ4n) is 2.17. The van der Waals surface area contributed by atoms with Crippen LogP contribution in [0.2, 0.25) is 0 Å². The van der Waals surface area contributed by atoms with Crippen LogP contribution in [0.5, 0.6) is 0 Å². The average molecular weight is 274 g/mol. The van der Waals surface area contributed by atoms with Gasteiger partial charge in [0, 0.05) is 28.9 Å². The average Bonchev–Trinajstić information content (AvgIpc) is 2.98. The molecular formula is C16H22N2S. The minimum absolute atomic E-state index is 0.575. The highest BCUT2D eigenvalue weighted by molar-refractivity contribution is 7.13. The zero-order valence-corrected chi connectivity index (χ0v) is 12.5. The summed E-state index contributed by atoms with van der Waals surface area (Å²) in [6, 6.07) is 9.15. The summed E-state index contributed by atoms with van der Waals surface area (Å²) in [5.41, 5.74) is 2.40. The molecule has 2 nitrogen and oxygen atoms in total. The molecule has 2 aromatic rings. The second-order valence-corrected chi connectivity index (χ2v) is 5.70. The number of anilines is 1. The van der Waals surface area contributed by atoms with Gasteiger partial charge >= 0.3 is 0 Å². The minimum atomic E-state index is 0.575. The number of nitrogens with zero attached hydrogens (tertiary/aromatic N) is 1. The summed E-state index contributed by atoms with van der Waals surface area (Å²) in [7, 11) is 0. The molecule has 0 radical (unpaired) electrons. The van der Waals surface area contributed by atoms with Crippen LogP contribution in [0, 0.1) is 0 Å². The number of nitrogens with one attached hydrogen (secondary N) is 1. The van der Waals surface area contributed by atoms with Gasteiger partial charge in [0.25, 0.3) is 0 Å². The molecule has 19 heavy (non-hydrogen) atoms. The number of hydrogen-bond acceptors (Lipinski definition) is 3. The van der Waals surface area contributed by atoms with E-state index in [-0.39, 0.29) is 0 Å². The lowest BCUT2D eigenvalue weighted by Gasteiger charge is -2.18. The van der Waals surface area contributed by atoms with Gasteiger partial charge in [0.2, 0.25) is 0 Å². The molecule has 102 valence electrons. The molecule has 0 saturated carbocycles. The van der Waals surface area contributed by atoms with Crippen molar-refractivity contribution in [3.63, 3.8) is 0 Å². The van der Waals surface area contributed by atoms with Crippen molar-refractivity contribution in [2.24, 2.45) is 0 Å². The van der Waals surface area contributed by atoms with Crippen LogP contribution in [0.4, 0.5) is 5.69 Å². The van der Waals surface area contributed by atoms with Crippen molar-refractivity contribution in [1.29, 1.82) is 0 Å². The Kier molecular flexibility index (Phi) is 5.40. The minimum Gasteiger partial charge on any atom is -0.382 e. The normalized spacial score (nSPS) is 12.3. The highest BCUT2D eigenvalue weighted by atomic mass is 32.1. The highest BCUT2D eigenvalue weighted by Crippen LogP contribution is 2.25. The van der Waals surface area contributed by atoms with Crippen molar-refractivity contribution in [3.05, 3.63) is 35.8 Å². The summed E-state index contributed by atoms with van der Waals surface area (Å²) in [5.74, 6) is 0. The van der Waals surface area contributed by atoms with E-state index in [0.29, 0.717) is 6.04 Å². The lowest BCUT2D eigenvalue weighted by molar-refractivity contribution is 0.593. The van der Waals surface area contributed by atoms with Gasteiger partial charge in [-0.25, -0.2) is 4.98 Å². The van der Waals surface area contributed by atoms with Gasteiger partial charge in [0.1, 0.15) is 5.01 Å². The second kappa shape index (κ2) is 7.29. The number of thiazole rings is 1. The van der Waals surface area contributed by atoms with Gasteiger partial charge in [-0.3, -0.25) is 0 Å². The molecule has 0 fully saturated rings. The molecule has 2 rings (SSSR count). The molecule has 0 bridgehead atoms. The largest absolute Gasteiger partial charge is 0.382 e. The van der Waals surface area contributed by atoms with Crippen LogP contribution in [0.15, 0.2) is 35.8 Å². The maximum Gasteiger partial charge on any atom is 0.123 e. The fraction of sp³-hybridized carbons (Fsp3) is 0.438. The lowest BCUT2D eigenvalue weighted by atomic mass is 10.1. The smallest absolute Gasteiger partial charge is 0.123 e. The number of unbranched alkanes of at least 4 members (excludes halogenated alkanes) is 1. The maximum absolute atomic E-state index is 4.37. The lowest BCUT2D eigenvalue weighted by Crippen LogP contribution is -2.18. The fourth-order valence-corrected chi connectivity index (χ4v) is 2.81. The van der Waals surface area contributed by atoms with Crippen LogP contribution in [-0.2, 0) is 0 Å². The third-order valence-electron chi connectivity index (χ3n) is 3.31. The quantitative estimate of drug-likeness (QED) is 0.751. The zero-order chi connectivity index (χ0) is 13.5. The summed E-state index contributed by atoms with van der Waals surface area (Å²) in [6.07, 6.45) is 6.82. The molecule has 0 aliphatic rings. The summed E-state index contributed by atoms with van der Waals surface area (Å²) in [4.78, 5) is 4.37. The Morgan fingerprint density at radius 2 is 2.21 bits per heavy atom. The molecule has 0 aliphatic heterocycles. The van der Waals surface area contributed by atoms with Gasteiger partial charge < -0.3 is 5.32 Å². The number of hydrogen-bond donors (Lipinski definition) is 1. The van der Waals surface area contributed by atoms with E-state index >= 15 is 0 Å². The molecule has 1 aromatic carbocycles. The van der Waals surface area contributed by atoms with Crippen LogP contribution in [0.1, 0.15) is 39.5 Å². The predicted octanol–water partition coefficient (Wildman–Crippen LogP) is 5.19. The summed E-state index contributed by atoms with van der Waals surface area (Å²) < 4.78 is 0. The molecule has 3 heteroatoms. The number of benzene rings is 1. The molecule has 1 aromatic heterocycles. The second-order valence-electron chi connectivity index (χ2n) is 4.81. The van der Waals surface area contributed by atoms with Gasteiger partial charge in [-0.05, 0) is 25.0 Å². The van der Waals surface area contributed by atoms with E-state index in [2.05, 4.69) is 48.4 Å². The zero-order valence-electron chi connectivity index (χ0n) is 11.7. The van der Waals surface area contributed by atoms with Crippen molar-refractivity contribution < 1.29 is 0 Å². The monoisotopic (exact) mass is 274 g/mol. The third-order valence-corrected chi connectivity index (χ3v) is 4.13. The SMILES string of the molecule is CCCCC(CC)Nc1cccc(-c2nccs2)c1. The molecule has 0 aliphatic carbocycles. The van der Waals surface area contributed by atoms with Crippen LogP contribution < -0.4 is 5.32 Å². The van der Waals surface area contributed by atoms with E-state index in [4.69, 9.17) is 0 Å². The first-order valence-corrected chi connectivity index (χ1v) is 7.98. The Balaban J connectivity index is 2.06. The van der Waals surface area contributed by atoms with Crippen LogP contribution >= 0.6 is 11.3 Å². The Morgan fingerprint density at radius 3 is 2.89 bits per heavy atom. The maximum atomic E-state index is 4.37. The van der Waals surface area contributed by atoms with Gasteiger partial charge in [0.05, 0.1) is 0 Å². The van der Waals surface area contributed by atoms with Crippen molar-refractivity contribution in [3.8, 4) is 10.6 Å². The van der Waals surface area contributed by atoms with Gasteiger partial charge in [-0.1, -0.05) is 38.8 Å². The molecule has 0 amide bonds. The van der Waals surface area contributed by atoms with Crippen molar-refractivity contribution in [2.75, 3.05) is 5.32 Å². The predicted molar refractivity (Wildman–Crippen MR) is 84.8 cm³/mol. The Bertz CT molecular complexity index is 479. The first kappa shape index (κ1) is 14.1. The van der Waals surface area contributed by atoms with E-state index in [1.807, 2.05) is 11.6 Å². The number of aromatic nitrogens is 1. The molecule has 1 heterocycles. The Labute approximate surface area is 119 Å². The third kappa shape index (κ3) is 4.06. The van der Waals surface area contributed by atoms with E-state index in [0.717, 1.165) is 5.01 Å². The van der Waals surface area contributed by atoms with Crippen molar-refractivity contribution in [1.82, 2.24) is 4.98 Å². The standard InChI is InChI=1S/C16H22N2S/c1-3-5-8-14(4-2)18-15-9-6-7-13(12-15)16-17-10-11-19-16/h6-7,9-12,14,18H,3-5,8H2,1-2H3. The van der Waals surface area contributed by atoms with E-state index in [1.54, 1.807) is 11.3 Å². The van der Waals surface area contributed by atoms with Crippen LogP contribution in [0.25, 0.3) is 10.6 Å². The van der Waals surface area contributed by atoms with Gasteiger partial charge in [-0.2, -0.15) is 0 Å². The van der Waals surface area contributed by atoms with Crippen molar-refractivity contribution >= 4 is 17.0 Å². The van der Waals surface area contributed by atoms with E-state index in [9.17, 15) is 0 Å². The molecule has 1 unspecified atom stereocenters. The summed E-state index contributed by atoms with van der Waals surface area (Å²) in [5, 5.41) is 6.75. The first-order valence-electron chi connectivity index (χ1n) is 7.10. The summed E-state index contributed by atoms with van der Waals surface area (Å²) >= 11 is 1.68. The van der Waals surface area contributed by atoms with Crippen molar-refractivity contribution in [2.45, 2.75) is 45.6 Å². The van der Waals surface area contributed by atoms with Crippen LogP contribution in [-0.4, -0.2) is 11.0 Å². The molecule has 1 N–H and O–H groups in total. The van der Waals surface area contributed by atoms with Gasteiger partial charge in [-0.15, -0.1) is 11.3 Å². The Hall–Kier alpha value is -1.35. The highest BCUT2D eigenvalue weighted by Gasteiger charge is 2.07. The van der Waals surface area contributed by atoms with Crippen LogP contribution in [0.3, 0.4) is 0 Å². The topological polar surface area (TPSA) is 24.9 Å². The Morgan fingerprint density at radius 1 is 1.32 bits per heavy atom. The molecule has 0 spiro atoms. The van der Waals surface area contributed by atoms with E-state index < -0.39 is 0 Å². The first-order chi connectivity index (χ1) is 9.33.